The van der Waals surface area contributed by atoms with E-state index in [1.54, 1.807) is 0 Å². The summed E-state index contributed by atoms with van der Waals surface area (Å²) in [4.78, 5) is 17.1. The van der Waals surface area contributed by atoms with Gasteiger partial charge in [0.1, 0.15) is 5.82 Å². The summed E-state index contributed by atoms with van der Waals surface area (Å²) in [6, 6.07) is 6.06. The van der Waals surface area contributed by atoms with E-state index in [1.807, 2.05) is 42.8 Å². The summed E-state index contributed by atoms with van der Waals surface area (Å²) in [7, 11) is 0. The highest BCUT2D eigenvalue weighted by Crippen LogP contribution is 2.39. The number of aromatic nitrogens is 3. The number of amides is 1. The Labute approximate surface area is 189 Å². The number of carbonyl (C=O) groups is 1. The third kappa shape index (κ3) is 5.14. The van der Waals surface area contributed by atoms with Crippen molar-refractivity contribution in [3.8, 4) is 0 Å². The second kappa shape index (κ2) is 9.46. The number of hydrogen-bond donors (Lipinski definition) is 1. The molecular formula is C23H32N6OS. The van der Waals surface area contributed by atoms with Gasteiger partial charge in [0.15, 0.2) is 4.77 Å². The molecular weight excluding hydrogens is 408 g/mol. The molecule has 1 N–H and O–H groups in total. The van der Waals surface area contributed by atoms with E-state index in [9.17, 15) is 4.79 Å². The van der Waals surface area contributed by atoms with Crippen LogP contribution in [0.15, 0.2) is 30.9 Å². The number of carbonyl (C=O) groups excluding carboxylic acids is 1. The molecule has 0 radical (unpaired) electrons. The number of benzene rings is 1. The molecule has 0 atom stereocenters. The van der Waals surface area contributed by atoms with Crippen LogP contribution in [0.25, 0.3) is 0 Å². The molecule has 1 aromatic heterocycles. The van der Waals surface area contributed by atoms with E-state index < -0.39 is 0 Å². The van der Waals surface area contributed by atoms with Crippen molar-refractivity contribution in [2.24, 2.45) is 0 Å². The molecule has 0 bridgehead atoms. The normalized spacial score (nSPS) is 17.6. The van der Waals surface area contributed by atoms with E-state index in [4.69, 9.17) is 17.3 Å². The molecule has 1 aliphatic carbocycles. The van der Waals surface area contributed by atoms with Crippen LogP contribution in [-0.4, -0.2) is 62.8 Å². The molecule has 0 spiro atoms. The summed E-state index contributed by atoms with van der Waals surface area (Å²) in [5.41, 5.74) is 3.12. The molecule has 1 aliphatic heterocycles. The van der Waals surface area contributed by atoms with Crippen molar-refractivity contribution in [2.75, 3.05) is 38.0 Å². The van der Waals surface area contributed by atoms with Crippen molar-refractivity contribution in [1.29, 1.82) is 0 Å². The lowest BCUT2D eigenvalue weighted by molar-refractivity contribution is -0.117. The number of hydrogen-bond acceptors (Lipinski definition) is 5. The molecule has 0 unspecified atom stereocenters. The van der Waals surface area contributed by atoms with Crippen LogP contribution in [0.1, 0.15) is 35.7 Å². The van der Waals surface area contributed by atoms with Gasteiger partial charge in [-0.2, -0.15) is 5.10 Å². The van der Waals surface area contributed by atoms with E-state index in [0.29, 0.717) is 25.7 Å². The minimum Gasteiger partial charge on any atom is -0.324 e. The van der Waals surface area contributed by atoms with Crippen molar-refractivity contribution in [3.63, 3.8) is 0 Å². The minimum absolute atomic E-state index is 0.0466. The first-order valence-electron chi connectivity index (χ1n) is 11.1. The van der Waals surface area contributed by atoms with Crippen LogP contribution in [-0.2, 0) is 18.0 Å². The monoisotopic (exact) mass is 440 g/mol. The van der Waals surface area contributed by atoms with Gasteiger partial charge < -0.3 is 5.32 Å². The second-order valence-electron chi connectivity index (χ2n) is 8.66. The van der Waals surface area contributed by atoms with Gasteiger partial charge in [-0.3, -0.25) is 19.2 Å². The van der Waals surface area contributed by atoms with Crippen LogP contribution < -0.4 is 5.32 Å². The van der Waals surface area contributed by atoms with Crippen LogP contribution in [0, 0.1) is 18.6 Å². The van der Waals surface area contributed by atoms with Crippen molar-refractivity contribution in [2.45, 2.75) is 45.8 Å². The fourth-order valence-corrected chi connectivity index (χ4v) is 4.43. The smallest absolute Gasteiger partial charge is 0.238 e. The van der Waals surface area contributed by atoms with E-state index in [2.05, 4.69) is 26.3 Å². The first-order valence-corrected chi connectivity index (χ1v) is 11.5. The number of piperazine rings is 1. The highest BCUT2D eigenvalue weighted by molar-refractivity contribution is 7.71. The molecule has 1 saturated heterocycles. The largest absolute Gasteiger partial charge is 0.324 e. The van der Waals surface area contributed by atoms with Crippen LogP contribution >= 0.6 is 12.2 Å². The number of para-hydroxylation sites is 1. The van der Waals surface area contributed by atoms with Crippen molar-refractivity contribution >= 4 is 23.8 Å². The summed E-state index contributed by atoms with van der Waals surface area (Å²) < 4.78 is 4.85. The van der Waals surface area contributed by atoms with Crippen molar-refractivity contribution < 1.29 is 4.79 Å². The zero-order chi connectivity index (χ0) is 22.0. The maximum Gasteiger partial charge on any atom is 0.238 e. The number of aryl methyl sites for hydroxylation is 2. The molecule has 7 nitrogen and oxygen atoms in total. The average molecular weight is 441 g/mol. The molecule has 4 rings (SSSR count). The van der Waals surface area contributed by atoms with Crippen molar-refractivity contribution in [1.82, 2.24) is 24.1 Å². The number of rotatable bonds is 8. The Morgan fingerprint density at radius 3 is 2.45 bits per heavy atom. The van der Waals surface area contributed by atoms with Gasteiger partial charge >= 0.3 is 0 Å². The van der Waals surface area contributed by atoms with Crippen LogP contribution in [0.3, 0.4) is 0 Å². The number of allylic oxidation sites excluding steroid dienone is 1. The molecule has 1 saturated carbocycles. The number of nitrogens with one attached hydrogen (secondary N) is 1. The number of anilines is 1. The molecule has 2 aliphatic rings. The van der Waals surface area contributed by atoms with E-state index in [-0.39, 0.29) is 5.91 Å². The molecule has 2 fully saturated rings. The predicted octanol–water partition coefficient (Wildman–Crippen LogP) is 3.31. The van der Waals surface area contributed by atoms with Gasteiger partial charge in [-0.1, -0.05) is 24.3 Å². The van der Waals surface area contributed by atoms with Gasteiger partial charge in [-0.25, -0.2) is 4.68 Å². The van der Waals surface area contributed by atoms with E-state index >= 15 is 0 Å². The standard InChI is InChI=1S/C23H32N6OS/c1-4-10-28-22(19-8-9-19)25-29(23(28)31)16-27-13-11-26(12-14-27)15-20(30)24-21-17(2)6-5-7-18(21)3/h4-7,19H,1,8-16H2,2-3H3,(H,24,30). The summed E-state index contributed by atoms with van der Waals surface area (Å²) in [6.45, 7) is 13.2. The van der Waals surface area contributed by atoms with Crippen LogP contribution in [0.2, 0.25) is 0 Å². The van der Waals surface area contributed by atoms with Gasteiger partial charge in [-0.05, 0) is 50.0 Å². The average Bonchev–Trinajstić information content (AvgIpc) is 3.54. The molecule has 8 heteroatoms. The van der Waals surface area contributed by atoms with E-state index in [1.165, 1.54) is 12.8 Å². The van der Waals surface area contributed by atoms with Gasteiger partial charge in [0.05, 0.1) is 13.2 Å². The summed E-state index contributed by atoms with van der Waals surface area (Å²) >= 11 is 5.68. The number of nitrogens with zero attached hydrogens (tertiary/aromatic N) is 5. The summed E-state index contributed by atoms with van der Waals surface area (Å²) in [5, 5.41) is 7.91. The Morgan fingerprint density at radius 1 is 1.19 bits per heavy atom. The molecule has 31 heavy (non-hydrogen) atoms. The Morgan fingerprint density at radius 2 is 1.84 bits per heavy atom. The molecule has 2 heterocycles. The zero-order valence-electron chi connectivity index (χ0n) is 18.5. The highest BCUT2D eigenvalue weighted by Gasteiger charge is 2.30. The molecule has 1 aromatic carbocycles. The predicted molar refractivity (Wildman–Crippen MR) is 126 cm³/mol. The SMILES string of the molecule is C=CCn1c(C2CC2)nn(CN2CCN(CC(=O)Nc3c(C)cccc3C)CC2)c1=S. The molecule has 2 aromatic rings. The minimum atomic E-state index is 0.0466. The first-order chi connectivity index (χ1) is 15.0. The maximum absolute atomic E-state index is 12.6. The Kier molecular flexibility index (Phi) is 6.69. The Hall–Kier alpha value is -2.29. The lowest BCUT2D eigenvalue weighted by atomic mass is 10.1. The van der Waals surface area contributed by atoms with Gasteiger partial charge in [0, 0.05) is 44.3 Å². The molecule has 166 valence electrons. The lowest BCUT2D eigenvalue weighted by Crippen LogP contribution is -2.49. The maximum atomic E-state index is 12.6. The van der Waals surface area contributed by atoms with Crippen LogP contribution in [0.5, 0.6) is 0 Å². The van der Waals surface area contributed by atoms with Crippen LogP contribution in [0.4, 0.5) is 5.69 Å². The highest BCUT2D eigenvalue weighted by atomic mass is 32.1. The van der Waals surface area contributed by atoms with Gasteiger partial charge in [0.2, 0.25) is 5.91 Å². The first kappa shape index (κ1) is 21.9. The quantitative estimate of drug-likeness (QED) is 0.504. The molecule has 1 amide bonds. The third-order valence-corrected chi connectivity index (χ3v) is 6.55. The summed E-state index contributed by atoms with van der Waals surface area (Å²) in [5.74, 6) is 1.70. The fraction of sp³-hybridized carbons (Fsp3) is 0.522. The fourth-order valence-electron chi connectivity index (χ4n) is 4.17. The van der Waals surface area contributed by atoms with Gasteiger partial charge in [-0.15, -0.1) is 6.58 Å². The Balaban J connectivity index is 1.30. The topological polar surface area (TPSA) is 58.3 Å². The lowest BCUT2D eigenvalue weighted by Gasteiger charge is -2.34. The van der Waals surface area contributed by atoms with Crippen molar-refractivity contribution in [3.05, 3.63) is 52.6 Å². The van der Waals surface area contributed by atoms with E-state index in [0.717, 1.165) is 53.6 Å². The zero-order valence-corrected chi connectivity index (χ0v) is 19.3. The second-order valence-corrected chi connectivity index (χ2v) is 9.03. The van der Waals surface area contributed by atoms with Gasteiger partial charge in [0.25, 0.3) is 0 Å². The summed E-state index contributed by atoms with van der Waals surface area (Å²) in [6.07, 6.45) is 4.29. The third-order valence-electron chi connectivity index (χ3n) is 6.12. The Bertz CT molecular complexity index is 993.